The van der Waals surface area contributed by atoms with Gasteiger partial charge in [0.1, 0.15) is 17.2 Å². The largest absolute Gasteiger partial charge is 0.493 e. The molecule has 3 aromatic rings. The maximum atomic E-state index is 13.2. The van der Waals surface area contributed by atoms with Gasteiger partial charge < -0.3 is 20.5 Å². The molecule has 3 N–H and O–H groups in total. The normalized spacial score (nSPS) is 15.6. The first-order valence-electron chi connectivity index (χ1n) is 10.1. The van der Waals surface area contributed by atoms with E-state index in [4.69, 9.17) is 15.2 Å². The van der Waals surface area contributed by atoms with Crippen LogP contribution in [0.5, 0.6) is 11.5 Å². The van der Waals surface area contributed by atoms with Gasteiger partial charge in [-0.1, -0.05) is 0 Å². The van der Waals surface area contributed by atoms with Crippen LogP contribution in [0.2, 0.25) is 0 Å². The van der Waals surface area contributed by atoms with Crippen LogP contribution < -0.4 is 20.5 Å². The van der Waals surface area contributed by atoms with Gasteiger partial charge in [-0.2, -0.15) is 0 Å². The van der Waals surface area contributed by atoms with Crippen molar-refractivity contribution in [2.45, 2.75) is 52.2 Å². The number of fused-ring (bicyclic) bond motifs is 3. The lowest BCUT2D eigenvalue weighted by Crippen LogP contribution is -2.24. The number of aryl methyl sites for hydroxylation is 1. The zero-order valence-corrected chi connectivity index (χ0v) is 18.2. The van der Waals surface area contributed by atoms with Gasteiger partial charge in [-0.15, -0.1) is 0 Å². The van der Waals surface area contributed by atoms with Crippen molar-refractivity contribution >= 4 is 22.4 Å². The van der Waals surface area contributed by atoms with Crippen molar-refractivity contribution in [2.75, 3.05) is 18.2 Å². The summed E-state index contributed by atoms with van der Waals surface area (Å²) in [6, 6.07) is 5.98. The Kier molecular flexibility index (Phi) is 5.11. The smallest absolute Gasteiger partial charge is 0.263 e. The number of alkyl halides is 2. The molecule has 0 bridgehead atoms. The van der Waals surface area contributed by atoms with Gasteiger partial charge in [0, 0.05) is 28.6 Å². The fraction of sp³-hybridized carbons (Fsp3) is 0.391. The molecule has 2 aromatic carbocycles. The summed E-state index contributed by atoms with van der Waals surface area (Å²) in [6.45, 7) is 7.74. The first-order chi connectivity index (χ1) is 14.6. The molecule has 1 aromatic heterocycles. The zero-order valence-electron chi connectivity index (χ0n) is 18.2. The van der Waals surface area contributed by atoms with E-state index in [9.17, 15) is 8.78 Å². The number of hydrogen-bond acceptors (Lipinski definition) is 6. The lowest BCUT2D eigenvalue weighted by atomic mass is 9.98. The van der Waals surface area contributed by atoms with E-state index >= 15 is 0 Å². The quantitative estimate of drug-likeness (QED) is 0.533. The molecule has 1 atom stereocenters. The Balaban J connectivity index is 1.80. The fourth-order valence-corrected chi connectivity index (χ4v) is 4.04. The average Bonchev–Trinajstić information content (AvgIpc) is 3.02. The molecule has 0 saturated carbocycles. The van der Waals surface area contributed by atoms with Crippen LogP contribution in [0.25, 0.3) is 10.9 Å². The topological polar surface area (TPSA) is 82.3 Å². The van der Waals surface area contributed by atoms with Crippen LogP contribution in [0.1, 0.15) is 55.8 Å². The Morgan fingerprint density at radius 1 is 1.16 bits per heavy atom. The van der Waals surface area contributed by atoms with Crippen LogP contribution in [0.15, 0.2) is 24.3 Å². The van der Waals surface area contributed by atoms with Crippen LogP contribution in [0, 0.1) is 6.92 Å². The molecule has 6 nitrogen and oxygen atoms in total. The highest BCUT2D eigenvalue weighted by Crippen LogP contribution is 2.46. The fourth-order valence-electron chi connectivity index (χ4n) is 4.04. The predicted molar refractivity (Wildman–Crippen MR) is 117 cm³/mol. The zero-order chi connectivity index (χ0) is 22.5. The van der Waals surface area contributed by atoms with Gasteiger partial charge in [-0.25, -0.2) is 18.7 Å². The third-order valence-electron chi connectivity index (χ3n) is 5.42. The van der Waals surface area contributed by atoms with Gasteiger partial charge in [0.2, 0.25) is 0 Å². The number of nitrogen functional groups attached to an aromatic ring is 1. The molecular weight excluding hydrogens is 402 g/mol. The minimum atomic E-state index is -2.59. The Labute approximate surface area is 179 Å². The van der Waals surface area contributed by atoms with Crippen LogP contribution in [0.3, 0.4) is 0 Å². The average molecular weight is 428 g/mol. The SMILES string of the molecule is COc1cc2c(NC(C)c3cc(N)cc(C(F)F)c3)nc(C)nc2c2c1OC(C)(C)C2. The van der Waals surface area contributed by atoms with Crippen molar-refractivity contribution in [1.82, 2.24) is 9.97 Å². The van der Waals surface area contributed by atoms with Gasteiger partial charge in [0.05, 0.1) is 18.7 Å². The number of ether oxygens (including phenoxy) is 2. The van der Waals surface area contributed by atoms with Crippen LogP contribution in [-0.2, 0) is 6.42 Å². The van der Waals surface area contributed by atoms with Crippen molar-refractivity contribution in [3.63, 3.8) is 0 Å². The summed E-state index contributed by atoms with van der Waals surface area (Å²) in [7, 11) is 1.60. The van der Waals surface area contributed by atoms with Crippen molar-refractivity contribution in [3.05, 3.63) is 46.8 Å². The molecule has 1 unspecified atom stereocenters. The third kappa shape index (κ3) is 3.94. The molecule has 8 heteroatoms. The summed E-state index contributed by atoms with van der Waals surface area (Å²) in [5.74, 6) is 2.51. The Morgan fingerprint density at radius 2 is 1.87 bits per heavy atom. The Bertz CT molecular complexity index is 1160. The molecule has 31 heavy (non-hydrogen) atoms. The van der Waals surface area contributed by atoms with Gasteiger partial charge in [-0.05, 0) is 57.5 Å². The summed E-state index contributed by atoms with van der Waals surface area (Å²) in [5, 5.41) is 4.14. The molecule has 0 amide bonds. The standard InChI is InChI=1S/C23H26F2N4O2/c1-11(13-6-14(21(24)25)8-15(26)7-13)27-22-16-9-18(30-5)20-17(10-23(3,4)31-20)19(16)28-12(2)29-22/h6-9,11,21H,10,26H2,1-5H3,(H,27,28,29). The maximum absolute atomic E-state index is 13.2. The van der Waals surface area contributed by atoms with E-state index in [0.717, 1.165) is 16.5 Å². The van der Waals surface area contributed by atoms with Crippen LogP contribution in [0.4, 0.5) is 20.3 Å². The molecule has 0 fully saturated rings. The molecule has 1 aliphatic heterocycles. The number of hydrogen-bond donors (Lipinski definition) is 2. The number of anilines is 2. The number of aromatic nitrogens is 2. The molecule has 4 rings (SSSR count). The number of nitrogens with two attached hydrogens (primary N) is 1. The van der Waals surface area contributed by atoms with E-state index in [2.05, 4.69) is 15.3 Å². The van der Waals surface area contributed by atoms with Crippen molar-refractivity contribution in [3.8, 4) is 11.5 Å². The lowest BCUT2D eigenvalue weighted by molar-refractivity contribution is 0.134. The van der Waals surface area contributed by atoms with E-state index in [1.54, 1.807) is 13.2 Å². The molecule has 164 valence electrons. The highest BCUT2D eigenvalue weighted by molar-refractivity contribution is 5.95. The number of nitrogens with zero attached hydrogens (tertiary/aromatic N) is 2. The van der Waals surface area contributed by atoms with E-state index in [0.29, 0.717) is 40.8 Å². The van der Waals surface area contributed by atoms with E-state index < -0.39 is 6.43 Å². The van der Waals surface area contributed by atoms with E-state index in [1.165, 1.54) is 12.1 Å². The number of methoxy groups -OCH3 is 1. The second-order valence-corrected chi connectivity index (χ2v) is 8.54. The number of halogens is 2. The summed E-state index contributed by atoms with van der Waals surface area (Å²) in [5.41, 5.74) is 8.10. The van der Waals surface area contributed by atoms with Gasteiger partial charge >= 0.3 is 0 Å². The number of nitrogens with one attached hydrogen (secondary N) is 1. The second kappa shape index (κ2) is 7.51. The highest BCUT2D eigenvalue weighted by Gasteiger charge is 2.35. The second-order valence-electron chi connectivity index (χ2n) is 8.54. The monoisotopic (exact) mass is 428 g/mol. The summed E-state index contributed by atoms with van der Waals surface area (Å²) >= 11 is 0. The molecule has 0 spiro atoms. The first-order valence-corrected chi connectivity index (χ1v) is 10.1. The molecule has 0 aliphatic carbocycles. The van der Waals surface area contributed by atoms with E-state index in [1.807, 2.05) is 33.8 Å². The Hall–Kier alpha value is -3.16. The number of rotatable bonds is 5. The van der Waals surface area contributed by atoms with Crippen LogP contribution >= 0.6 is 0 Å². The first kappa shape index (κ1) is 21.1. The van der Waals surface area contributed by atoms with Gasteiger partial charge in [0.25, 0.3) is 6.43 Å². The predicted octanol–water partition coefficient (Wildman–Crippen LogP) is 5.35. The summed E-state index contributed by atoms with van der Waals surface area (Å²) in [4.78, 5) is 9.26. The van der Waals surface area contributed by atoms with Crippen molar-refractivity contribution in [2.24, 2.45) is 0 Å². The molecule has 2 heterocycles. The van der Waals surface area contributed by atoms with Gasteiger partial charge in [0.15, 0.2) is 11.5 Å². The van der Waals surface area contributed by atoms with Crippen LogP contribution in [-0.4, -0.2) is 22.7 Å². The molecular formula is C23H26F2N4O2. The molecule has 0 saturated heterocycles. The summed E-state index contributed by atoms with van der Waals surface area (Å²) in [6.07, 6.45) is -1.90. The highest BCUT2D eigenvalue weighted by atomic mass is 19.3. The third-order valence-corrected chi connectivity index (χ3v) is 5.42. The molecule has 1 aliphatic rings. The molecule has 0 radical (unpaired) electrons. The number of benzene rings is 2. The van der Waals surface area contributed by atoms with Crippen molar-refractivity contribution < 1.29 is 18.3 Å². The van der Waals surface area contributed by atoms with Gasteiger partial charge in [-0.3, -0.25) is 0 Å². The minimum Gasteiger partial charge on any atom is -0.493 e. The maximum Gasteiger partial charge on any atom is 0.263 e. The summed E-state index contributed by atoms with van der Waals surface area (Å²) < 4.78 is 38.2. The Morgan fingerprint density at radius 3 is 2.55 bits per heavy atom. The lowest BCUT2D eigenvalue weighted by Gasteiger charge is -2.19. The van der Waals surface area contributed by atoms with E-state index in [-0.39, 0.29) is 17.2 Å². The van der Waals surface area contributed by atoms with Crippen molar-refractivity contribution in [1.29, 1.82) is 0 Å². The minimum absolute atomic E-state index is 0.105.